The number of nitrogens with zero attached hydrogens (tertiary/aromatic N) is 1. The van der Waals surface area contributed by atoms with E-state index in [1.54, 1.807) is 12.1 Å². The molecule has 0 atom stereocenters. The molecule has 0 heterocycles. The molecule has 1 amide bonds. The van der Waals surface area contributed by atoms with E-state index < -0.39 is 5.91 Å². The van der Waals surface area contributed by atoms with Crippen molar-refractivity contribution >= 4 is 12.0 Å². The molecule has 3 aromatic carbocycles. The highest BCUT2D eigenvalue weighted by atomic mass is 16.5. The molecule has 3 aromatic rings. The lowest BCUT2D eigenvalue weighted by molar-refractivity contribution is -0.117. The molecule has 0 unspecified atom stereocenters. The molecule has 0 aromatic heterocycles. The molecule has 0 aliphatic carbocycles. The smallest absolute Gasteiger partial charge is 0.261 e. The molecule has 3 rings (SSSR count). The quantitative estimate of drug-likeness (QED) is 0.299. The first-order chi connectivity index (χ1) is 16.9. The Labute approximate surface area is 208 Å². The maximum Gasteiger partial charge on any atom is 0.261 e. The van der Waals surface area contributed by atoms with E-state index in [4.69, 9.17) is 9.47 Å². The molecule has 180 valence electrons. The molecule has 0 radical (unpaired) electrons. The fraction of sp³-hybridized carbons (Fsp3) is 0.267. The standard InChI is InChI=1S/C30H32N2O3/c1-5-34-29-18-25(11-12-28(29)35-20-27-22(3)15-21(2)16-23(27)4)17-26(19-31)30(33)32-14-13-24-9-7-6-8-10-24/h6-12,15-18H,5,13-14,20H2,1-4H3,(H,32,33)/b26-17+. The lowest BCUT2D eigenvalue weighted by atomic mass is 10.0. The zero-order valence-corrected chi connectivity index (χ0v) is 20.9. The summed E-state index contributed by atoms with van der Waals surface area (Å²) in [6.07, 6.45) is 2.27. The van der Waals surface area contributed by atoms with Gasteiger partial charge in [0.15, 0.2) is 11.5 Å². The van der Waals surface area contributed by atoms with Gasteiger partial charge in [0, 0.05) is 6.54 Å². The molecule has 35 heavy (non-hydrogen) atoms. The van der Waals surface area contributed by atoms with Crippen molar-refractivity contribution in [1.82, 2.24) is 5.32 Å². The first-order valence-electron chi connectivity index (χ1n) is 11.8. The van der Waals surface area contributed by atoms with Crippen molar-refractivity contribution in [2.75, 3.05) is 13.2 Å². The monoisotopic (exact) mass is 468 g/mol. The summed E-state index contributed by atoms with van der Waals surface area (Å²) in [5.41, 5.74) is 6.63. The minimum absolute atomic E-state index is 0.0417. The topological polar surface area (TPSA) is 71.3 Å². The molecular formula is C30H32N2O3. The predicted octanol–water partition coefficient (Wildman–Crippen LogP) is 5.86. The number of hydrogen-bond donors (Lipinski definition) is 1. The number of nitriles is 1. The maximum atomic E-state index is 12.5. The van der Waals surface area contributed by atoms with E-state index in [9.17, 15) is 10.1 Å². The number of benzene rings is 3. The Morgan fingerprint density at radius 1 is 0.971 bits per heavy atom. The van der Waals surface area contributed by atoms with Gasteiger partial charge in [-0.15, -0.1) is 0 Å². The van der Waals surface area contributed by atoms with E-state index in [-0.39, 0.29) is 5.57 Å². The van der Waals surface area contributed by atoms with Gasteiger partial charge >= 0.3 is 0 Å². The summed E-state index contributed by atoms with van der Waals surface area (Å²) in [4.78, 5) is 12.5. The normalized spacial score (nSPS) is 11.0. The summed E-state index contributed by atoms with van der Waals surface area (Å²) in [7, 11) is 0. The van der Waals surface area contributed by atoms with Crippen LogP contribution >= 0.6 is 0 Å². The van der Waals surface area contributed by atoms with Gasteiger partial charge in [-0.3, -0.25) is 4.79 Å². The van der Waals surface area contributed by atoms with Crippen LogP contribution in [0.1, 0.15) is 40.3 Å². The number of amides is 1. The van der Waals surface area contributed by atoms with Crippen LogP contribution in [0.4, 0.5) is 0 Å². The highest BCUT2D eigenvalue weighted by Crippen LogP contribution is 2.31. The summed E-state index contributed by atoms with van der Waals surface area (Å²) >= 11 is 0. The summed E-state index contributed by atoms with van der Waals surface area (Å²) < 4.78 is 11.9. The van der Waals surface area contributed by atoms with Gasteiger partial charge in [0.25, 0.3) is 5.91 Å². The van der Waals surface area contributed by atoms with Crippen LogP contribution in [0.2, 0.25) is 0 Å². The van der Waals surface area contributed by atoms with Gasteiger partial charge in [0.05, 0.1) is 6.61 Å². The highest BCUT2D eigenvalue weighted by molar-refractivity contribution is 6.01. The van der Waals surface area contributed by atoms with Crippen LogP contribution in [0.25, 0.3) is 6.08 Å². The van der Waals surface area contributed by atoms with Gasteiger partial charge in [-0.25, -0.2) is 0 Å². The molecule has 0 aliphatic rings. The number of rotatable bonds is 10. The average Bonchev–Trinajstić information content (AvgIpc) is 2.83. The fourth-order valence-corrected chi connectivity index (χ4v) is 3.97. The van der Waals surface area contributed by atoms with Gasteiger partial charge < -0.3 is 14.8 Å². The molecule has 5 nitrogen and oxygen atoms in total. The molecule has 0 fully saturated rings. The molecule has 0 bridgehead atoms. The third kappa shape index (κ3) is 7.22. The van der Waals surface area contributed by atoms with E-state index in [1.165, 1.54) is 16.7 Å². The highest BCUT2D eigenvalue weighted by Gasteiger charge is 2.12. The SMILES string of the molecule is CCOc1cc(/C=C(\C#N)C(=O)NCCc2ccccc2)ccc1OCc1c(C)cc(C)cc1C. The molecule has 0 aliphatic heterocycles. The van der Waals surface area contributed by atoms with Crippen LogP contribution in [0, 0.1) is 32.1 Å². The maximum absolute atomic E-state index is 12.5. The van der Waals surface area contributed by atoms with Crippen LogP contribution in [0.15, 0.2) is 66.2 Å². The van der Waals surface area contributed by atoms with Crippen molar-refractivity contribution < 1.29 is 14.3 Å². The van der Waals surface area contributed by atoms with E-state index in [0.29, 0.717) is 43.2 Å². The Kier molecular flexibility index (Phi) is 9.09. The Hall–Kier alpha value is -4.04. The van der Waals surface area contributed by atoms with Gasteiger partial charge in [0.1, 0.15) is 18.2 Å². The largest absolute Gasteiger partial charge is 0.490 e. The van der Waals surface area contributed by atoms with Gasteiger partial charge in [-0.1, -0.05) is 54.1 Å². The minimum Gasteiger partial charge on any atom is -0.490 e. The van der Waals surface area contributed by atoms with Crippen LogP contribution < -0.4 is 14.8 Å². The van der Waals surface area contributed by atoms with E-state index in [0.717, 1.165) is 11.1 Å². The van der Waals surface area contributed by atoms with Crippen molar-refractivity contribution in [1.29, 1.82) is 5.26 Å². The second kappa shape index (κ2) is 12.4. The van der Waals surface area contributed by atoms with Gasteiger partial charge in [-0.2, -0.15) is 5.26 Å². The number of carbonyl (C=O) groups excluding carboxylic acids is 1. The Morgan fingerprint density at radius 2 is 1.69 bits per heavy atom. The molecule has 1 N–H and O–H groups in total. The van der Waals surface area contributed by atoms with Crippen molar-refractivity contribution in [2.24, 2.45) is 0 Å². The molecule has 5 heteroatoms. The van der Waals surface area contributed by atoms with Gasteiger partial charge in [0.2, 0.25) is 0 Å². The minimum atomic E-state index is -0.396. The number of carbonyl (C=O) groups is 1. The second-order valence-electron chi connectivity index (χ2n) is 8.47. The summed E-state index contributed by atoms with van der Waals surface area (Å²) in [6, 6.07) is 21.6. The second-order valence-corrected chi connectivity index (χ2v) is 8.47. The average molecular weight is 469 g/mol. The Balaban J connectivity index is 1.71. The van der Waals surface area contributed by atoms with Crippen molar-refractivity contribution in [3.05, 3.63) is 99.6 Å². The zero-order chi connectivity index (χ0) is 25.2. The van der Waals surface area contributed by atoms with Crippen molar-refractivity contribution in [2.45, 2.75) is 40.7 Å². The molecular weight excluding hydrogens is 436 g/mol. The van der Waals surface area contributed by atoms with E-state index in [1.807, 2.05) is 55.5 Å². The number of hydrogen-bond acceptors (Lipinski definition) is 4. The van der Waals surface area contributed by atoms with E-state index >= 15 is 0 Å². The number of nitrogens with one attached hydrogen (secondary N) is 1. The lowest BCUT2D eigenvalue weighted by Crippen LogP contribution is -2.26. The van der Waals surface area contributed by atoms with Crippen LogP contribution in [-0.4, -0.2) is 19.1 Å². The van der Waals surface area contributed by atoms with Gasteiger partial charge in [-0.05, 0) is 80.1 Å². The van der Waals surface area contributed by atoms with Crippen molar-refractivity contribution in [3.8, 4) is 17.6 Å². The summed E-state index contributed by atoms with van der Waals surface area (Å²) in [6.45, 7) is 9.52. The Bertz CT molecular complexity index is 1220. The van der Waals surface area contributed by atoms with E-state index in [2.05, 4.69) is 38.2 Å². The zero-order valence-electron chi connectivity index (χ0n) is 20.9. The first-order valence-corrected chi connectivity index (χ1v) is 11.8. The van der Waals surface area contributed by atoms with Crippen LogP contribution in [-0.2, 0) is 17.8 Å². The molecule has 0 spiro atoms. The lowest BCUT2D eigenvalue weighted by Gasteiger charge is -2.16. The molecule has 0 saturated carbocycles. The van der Waals surface area contributed by atoms with Crippen LogP contribution in [0.3, 0.4) is 0 Å². The third-order valence-electron chi connectivity index (χ3n) is 5.70. The predicted molar refractivity (Wildman–Crippen MR) is 139 cm³/mol. The number of ether oxygens (including phenoxy) is 2. The number of aryl methyl sites for hydroxylation is 3. The Morgan fingerprint density at radius 3 is 2.34 bits per heavy atom. The fourth-order valence-electron chi connectivity index (χ4n) is 3.97. The summed E-state index contributed by atoms with van der Waals surface area (Å²) in [5, 5.41) is 12.4. The summed E-state index contributed by atoms with van der Waals surface area (Å²) in [5.74, 6) is 0.798. The van der Waals surface area contributed by atoms with Crippen molar-refractivity contribution in [3.63, 3.8) is 0 Å². The first kappa shape index (κ1) is 25.6. The molecule has 0 saturated heterocycles. The third-order valence-corrected chi connectivity index (χ3v) is 5.70. The van der Waals surface area contributed by atoms with Crippen LogP contribution in [0.5, 0.6) is 11.5 Å².